The van der Waals surface area contributed by atoms with Gasteiger partial charge in [-0.15, -0.1) is 0 Å². The van der Waals surface area contributed by atoms with E-state index in [2.05, 4.69) is 12.2 Å². The highest BCUT2D eigenvalue weighted by molar-refractivity contribution is 4.68. The standard InChI is InChI=1S/C9H21NO3/c1-3-4-8(7-13-2)10-5-9(12)6-11/h8-12H,3-7H2,1-2H3. The van der Waals surface area contributed by atoms with Crippen molar-refractivity contribution in [3.8, 4) is 0 Å². The van der Waals surface area contributed by atoms with Crippen molar-refractivity contribution in [2.24, 2.45) is 0 Å². The van der Waals surface area contributed by atoms with Gasteiger partial charge in [-0.3, -0.25) is 0 Å². The van der Waals surface area contributed by atoms with Crippen LogP contribution in [0, 0.1) is 0 Å². The summed E-state index contributed by atoms with van der Waals surface area (Å²) in [6.45, 7) is 2.97. The van der Waals surface area contributed by atoms with Crippen molar-refractivity contribution in [2.45, 2.75) is 31.9 Å². The molecule has 0 amide bonds. The predicted molar refractivity (Wildman–Crippen MR) is 51.7 cm³/mol. The highest BCUT2D eigenvalue weighted by atomic mass is 16.5. The Hall–Kier alpha value is -0.160. The van der Waals surface area contributed by atoms with Crippen LogP contribution in [0.15, 0.2) is 0 Å². The minimum absolute atomic E-state index is 0.196. The Bertz CT molecular complexity index is 105. The number of aliphatic hydroxyl groups excluding tert-OH is 2. The minimum atomic E-state index is -0.670. The van der Waals surface area contributed by atoms with Crippen LogP contribution >= 0.6 is 0 Å². The van der Waals surface area contributed by atoms with E-state index in [1.807, 2.05) is 0 Å². The average Bonchev–Trinajstić information content (AvgIpc) is 2.14. The van der Waals surface area contributed by atoms with Crippen molar-refractivity contribution in [3.05, 3.63) is 0 Å². The first-order chi connectivity index (χ1) is 6.24. The molecule has 4 heteroatoms. The van der Waals surface area contributed by atoms with Crippen LogP contribution in [-0.4, -0.2) is 49.2 Å². The SMILES string of the molecule is CCCC(COC)NCC(O)CO. The predicted octanol–water partition coefficient (Wildman–Crippen LogP) is -0.256. The van der Waals surface area contributed by atoms with E-state index in [1.165, 1.54) is 0 Å². The molecule has 0 saturated heterocycles. The number of aliphatic hydroxyl groups is 2. The summed E-state index contributed by atoms with van der Waals surface area (Å²) in [6.07, 6.45) is 1.43. The first-order valence-corrected chi connectivity index (χ1v) is 4.75. The van der Waals surface area contributed by atoms with Gasteiger partial charge < -0.3 is 20.3 Å². The molecule has 0 heterocycles. The van der Waals surface area contributed by atoms with Crippen LogP contribution in [0.2, 0.25) is 0 Å². The third-order valence-electron chi connectivity index (χ3n) is 1.86. The summed E-state index contributed by atoms with van der Waals surface area (Å²) in [6, 6.07) is 0.274. The Morgan fingerprint density at radius 2 is 2.15 bits per heavy atom. The van der Waals surface area contributed by atoms with Crippen molar-refractivity contribution in [1.82, 2.24) is 5.32 Å². The van der Waals surface area contributed by atoms with E-state index in [9.17, 15) is 0 Å². The molecule has 0 aliphatic rings. The molecule has 0 aromatic rings. The number of methoxy groups -OCH3 is 1. The van der Waals surface area contributed by atoms with Crippen LogP contribution in [0.1, 0.15) is 19.8 Å². The largest absolute Gasteiger partial charge is 0.394 e. The fourth-order valence-corrected chi connectivity index (χ4v) is 1.16. The van der Waals surface area contributed by atoms with Crippen LogP contribution in [0.4, 0.5) is 0 Å². The van der Waals surface area contributed by atoms with Crippen LogP contribution in [0.25, 0.3) is 0 Å². The van der Waals surface area contributed by atoms with Gasteiger partial charge in [0.25, 0.3) is 0 Å². The molecular formula is C9H21NO3. The molecule has 0 aromatic carbocycles. The van der Waals surface area contributed by atoms with Gasteiger partial charge in [0.15, 0.2) is 0 Å². The zero-order chi connectivity index (χ0) is 10.1. The summed E-state index contributed by atoms with van der Waals surface area (Å²) in [5.74, 6) is 0. The second-order valence-corrected chi connectivity index (χ2v) is 3.19. The maximum absolute atomic E-state index is 9.09. The molecule has 0 spiro atoms. The van der Waals surface area contributed by atoms with E-state index in [-0.39, 0.29) is 12.6 Å². The monoisotopic (exact) mass is 191 g/mol. The Labute approximate surface area is 79.9 Å². The average molecular weight is 191 g/mol. The number of nitrogens with one attached hydrogen (secondary N) is 1. The molecule has 0 aliphatic carbocycles. The second-order valence-electron chi connectivity index (χ2n) is 3.19. The molecule has 0 aliphatic heterocycles. The Morgan fingerprint density at radius 1 is 1.46 bits per heavy atom. The van der Waals surface area contributed by atoms with Crippen molar-refractivity contribution >= 4 is 0 Å². The molecule has 0 fully saturated rings. The van der Waals surface area contributed by atoms with Crippen LogP contribution < -0.4 is 5.32 Å². The summed E-state index contributed by atoms with van der Waals surface area (Å²) >= 11 is 0. The smallest absolute Gasteiger partial charge is 0.0895 e. The van der Waals surface area contributed by atoms with Gasteiger partial charge >= 0.3 is 0 Å². The lowest BCUT2D eigenvalue weighted by Crippen LogP contribution is -2.39. The molecule has 0 radical (unpaired) electrons. The molecule has 3 N–H and O–H groups in total. The van der Waals surface area contributed by atoms with Gasteiger partial charge in [-0.05, 0) is 6.42 Å². The highest BCUT2D eigenvalue weighted by Gasteiger charge is 2.08. The lowest BCUT2D eigenvalue weighted by atomic mass is 10.2. The number of rotatable bonds is 8. The van der Waals surface area contributed by atoms with Crippen LogP contribution in [0.5, 0.6) is 0 Å². The first-order valence-electron chi connectivity index (χ1n) is 4.75. The fourth-order valence-electron chi connectivity index (χ4n) is 1.16. The summed E-state index contributed by atoms with van der Waals surface area (Å²) in [4.78, 5) is 0. The lowest BCUT2D eigenvalue weighted by molar-refractivity contribution is 0.0848. The van der Waals surface area contributed by atoms with E-state index in [0.29, 0.717) is 13.2 Å². The lowest BCUT2D eigenvalue weighted by Gasteiger charge is -2.18. The maximum atomic E-state index is 9.09. The minimum Gasteiger partial charge on any atom is -0.394 e. The molecule has 2 atom stereocenters. The van der Waals surface area contributed by atoms with Crippen LogP contribution in [0.3, 0.4) is 0 Å². The highest BCUT2D eigenvalue weighted by Crippen LogP contribution is 1.97. The zero-order valence-corrected chi connectivity index (χ0v) is 8.49. The maximum Gasteiger partial charge on any atom is 0.0895 e. The van der Waals surface area contributed by atoms with Gasteiger partial charge in [-0.25, -0.2) is 0 Å². The number of hydrogen-bond acceptors (Lipinski definition) is 4. The molecule has 13 heavy (non-hydrogen) atoms. The van der Waals surface area contributed by atoms with Crippen LogP contribution in [-0.2, 0) is 4.74 Å². The zero-order valence-electron chi connectivity index (χ0n) is 8.49. The molecule has 4 nitrogen and oxygen atoms in total. The topological polar surface area (TPSA) is 61.7 Å². The van der Waals surface area contributed by atoms with Gasteiger partial charge in [-0.2, -0.15) is 0 Å². The van der Waals surface area contributed by atoms with Gasteiger partial charge in [0.1, 0.15) is 0 Å². The molecule has 0 bridgehead atoms. The van der Waals surface area contributed by atoms with Gasteiger partial charge in [-0.1, -0.05) is 13.3 Å². The summed E-state index contributed by atoms with van der Waals surface area (Å²) in [7, 11) is 1.66. The third kappa shape index (κ3) is 6.95. The Morgan fingerprint density at radius 3 is 2.62 bits per heavy atom. The van der Waals surface area contributed by atoms with Gasteiger partial charge in [0.05, 0.1) is 19.3 Å². The van der Waals surface area contributed by atoms with E-state index in [1.54, 1.807) is 7.11 Å². The molecular weight excluding hydrogens is 170 g/mol. The fraction of sp³-hybridized carbons (Fsp3) is 1.00. The van der Waals surface area contributed by atoms with E-state index < -0.39 is 6.10 Å². The Kier molecular flexibility index (Phi) is 8.33. The molecule has 0 saturated carbocycles. The quantitative estimate of drug-likeness (QED) is 0.495. The van der Waals surface area contributed by atoms with Crippen molar-refractivity contribution < 1.29 is 14.9 Å². The molecule has 0 rings (SSSR count). The van der Waals surface area contributed by atoms with Crippen molar-refractivity contribution in [1.29, 1.82) is 0 Å². The second kappa shape index (κ2) is 8.44. The van der Waals surface area contributed by atoms with Crippen molar-refractivity contribution in [2.75, 3.05) is 26.9 Å². The van der Waals surface area contributed by atoms with E-state index >= 15 is 0 Å². The summed E-state index contributed by atoms with van der Waals surface area (Å²) in [5.41, 5.74) is 0. The van der Waals surface area contributed by atoms with E-state index in [0.717, 1.165) is 12.8 Å². The van der Waals surface area contributed by atoms with E-state index in [4.69, 9.17) is 14.9 Å². The molecule has 0 aromatic heterocycles. The first kappa shape index (κ1) is 12.8. The van der Waals surface area contributed by atoms with Crippen molar-refractivity contribution in [3.63, 3.8) is 0 Å². The Balaban J connectivity index is 3.55. The third-order valence-corrected chi connectivity index (χ3v) is 1.86. The molecule has 80 valence electrons. The summed E-state index contributed by atoms with van der Waals surface area (Å²) in [5, 5.41) is 20.8. The molecule has 2 unspecified atom stereocenters. The van der Waals surface area contributed by atoms with Gasteiger partial charge in [0.2, 0.25) is 0 Å². The number of ether oxygens (including phenoxy) is 1. The van der Waals surface area contributed by atoms with Gasteiger partial charge in [0, 0.05) is 19.7 Å². The summed E-state index contributed by atoms with van der Waals surface area (Å²) < 4.78 is 5.02. The normalized spacial score (nSPS) is 15.7. The number of hydrogen-bond donors (Lipinski definition) is 3.